The highest BCUT2D eigenvalue weighted by Crippen LogP contribution is 2.30. The van der Waals surface area contributed by atoms with Crippen LogP contribution in [0.5, 0.6) is 0 Å². The molecule has 0 aliphatic rings. The molecule has 0 amide bonds. The fourth-order valence-electron chi connectivity index (χ4n) is 2.42. The standard InChI is InChI=1S/C16H30N2/c1-7-8-9-10-16(5,6)18-12-17-11-15(18)14(4)13(2)3/h11-14H,7-10H2,1-6H3. The minimum absolute atomic E-state index is 0.185. The molecule has 18 heavy (non-hydrogen) atoms. The smallest absolute Gasteiger partial charge is 0.0953 e. The van der Waals surface area contributed by atoms with Crippen molar-refractivity contribution in [1.29, 1.82) is 0 Å². The van der Waals surface area contributed by atoms with Crippen molar-refractivity contribution in [1.82, 2.24) is 9.55 Å². The number of hydrogen-bond donors (Lipinski definition) is 0. The van der Waals surface area contributed by atoms with Crippen LogP contribution in [0.15, 0.2) is 12.5 Å². The maximum atomic E-state index is 4.38. The van der Waals surface area contributed by atoms with Crippen LogP contribution in [0.1, 0.15) is 78.8 Å². The second-order valence-electron chi connectivity index (χ2n) is 6.49. The molecule has 0 aliphatic carbocycles. The van der Waals surface area contributed by atoms with Crippen molar-refractivity contribution in [3.05, 3.63) is 18.2 Å². The van der Waals surface area contributed by atoms with Crippen LogP contribution in [0.25, 0.3) is 0 Å². The maximum absolute atomic E-state index is 4.38. The summed E-state index contributed by atoms with van der Waals surface area (Å²) in [6.07, 6.45) is 9.21. The molecule has 0 radical (unpaired) electrons. The number of hydrogen-bond acceptors (Lipinski definition) is 1. The van der Waals surface area contributed by atoms with E-state index in [-0.39, 0.29) is 5.54 Å². The van der Waals surface area contributed by atoms with Gasteiger partial charge in [-0.1, -0.05) is 47.0 Å². The summed E-state index contributed by atoms with van der Waals surface area (Å²) in [6.45, 7) is 13.8. The second kappa shape index (κ2) is 6.40. The number of nitrogens with zero attached hydrogens (tertiary/aromatic N) is 2. The Morgan fingerprint density at radius 1 is 1.22 bits per heavy atom. The average Bonchev–Trinajstić information content (AvgIpc) is 2.77. The molecule has 0 N–H and O–H groups in total. The molecular formula is C16H30N2. The Bertz CT molecular complexity index is 350. The van der Waals surface area contributed by atoms with Gasteiger partial charge in [-0.2, -0.15) is 0 Å². The first-order valence-electron chi connectivity index (χ1n) is 7.43. The predicted octanol–water partition coefficient (Wildman–Crippen LogP) is 4.96. The second-order valence-corrected chi connectivity index (χ2v) is 6.49. The normalized spacial score (nSPS) is 14.2. The molecule has 0 saturated heterocycles. The van der Waals surface area contributed by atoms with Crippen LogP contribution in [0.3, 0.4) is 0 Å². The lowest BCUT2D eigenvalue weighted by Crippen LogP contribution is -2.28. The maximum Gasteiger partial charge on any atom is 0.0953 e. The average molecular weight is 250 g/mol. The van der Waals surface area contributed by atoms with Crippen LogP contribution < -0.4 is 0 Å². The fraction of sp³-hybridized carbons (Fsp3) is 0.812. The molecule has 0 fully saturated rings. The Kier molecular flexibility index (Phi) is 5.43. The first-order chi connectivity index (χ1) is 8.40. The first kappa shape index (κ1) is 15.3. The highest BCUT2D eigenvalue weighted by atomic mass is 15.1. The van der Waals surface area contributed by atoms with Gasteiger partial charge in [-0.25, -0.2) is 4.98 Å². The van der Waals surface area contributed by atoms with Gasteiger partial charge in [0, 0.05) is 23.3 Å². The summed E-state index contributed by atoms with van der Waals surface area (Å²) in [5, 5.41) is 0. The van der Waals surface area contributed by atoms with E-state index in [4.69, 9.17) is 0 Å². The number of imidazole rings is 1. The molecule has 0 saturated carbocycles. The molecule has 1 atom stereocenters. The predicted molar refractivity (Wildman–Crippen MR) is 78.9 cm³/mol. The monoisotopic (exact) mass is 250 g/mol. The molecule has 0 bridgehead atoms. The summed E-state index contributed by atoms with van der Waals surface area (Å²) >= 11 is 0. The molecule has 1 unspecified atom stereocenters. The highest BCUT2D eigenvalue weighted by Gasteiger charge is 2.25. The van der Waals surface area contributed by atoms with E-state index >= 15 is 0 Å². The van der Waals surface area contributed by atoms with E-state index in [1.165, 1.54) is 31.4 Å². The number of aromatic nitrogens is 2. The van der Waals surface area contributed by atoms with Gasteiger partial charge in [-0.3, -0.25) is 0 Å². The molecule has 1 aromatic rings. The Morgan fingerprint density at radius 3 is 2.44 bits per heavy atom. The summed E-state index contributed by atoms with van der Waals surface area (Å²) in [5.41, 5.74) is 1.57. The lowest BCUT2D eigenvalue weighted by Gasteiger charge is -2.31. The Hall–Kier alpha value is -0.790. The van der Waals surface area contributed by atoms with Crippen LogP contribution >= 0.6 is 0 Å². The third kappa shape index (κ3) is 3.60. The van der Waals surface area contributed by atoms with E-state index in [2.05, 4.69) is 51.1 Å². The third-order valence-electron chi connectivity index (χ3n) is 4.18. The summed E-state index contributed by atoms with van der Waals surface area (Å²) < 4.78 is 2.40. The van der Waals surface area contributed by atoms with Gasteiger partial charge in [0.15, 0.2) is 0 Å². The van der Waals surface area contributed by atoms with Gasteiger partial charge in [0.2, 0.25) is 0 Å². The van der Waals surface area contributed by atoms with Gasteiger partial charge in [0.05, 0.1) is 6.33 Å². The van der Waals surface area contributed by atoms with Gasteiger partial charge in [0.25, 0.3) is 0 Å². The SMILES string of the molecule is CCCCCC(C)(C)n1cncc1C(C)C(C)C. The zero-order valence-electron chi connectivity index (χ0n) is 13.0. The summed E-state index contributed by atoms with van der Waals surface area (Å²) in [6, 6.07) is 0. The van der Waals surface area contributed by atoms with Crippen molar-refractivity contribution in [3.8, 4) is 0 Å². The minimum Gasteiger partial charge on any atom is -0.329 e. The van der Waals surface area contributed by atoms with Crippen LogP contribution in [-0.4, -0.2) is 9.55 Å². The topological polar surface area (TPSA) is 17.8 Å². The lowest BCUT2D eigenvalue weighted by molar-refractivity contribution is 0.297. The molecule has 1 rings (SSSR count). The fourth-order valence-corrected chi connectivity index (χ4v) is 2.42. The molecule has 104 valence electrons. The van der Waals surface area contributed by atoms with Crippen molar-refractivity contribution < 1.29 is 0 Å². The number of unbranched alkanes of at least 4 members (excludes halogenated alkanes) is 2. The van der Waals surface area contributed by atoms with Gasteiger partial charge < -0.3 is 4.57 Å². The molecule has 1 heterocycles. The largest absolute Gasteiger partial charge is 0.329 e. The van der Waals surface area contributed by atoms with Gasteiger partial charge in [0.1, 0.15) is 0 Å². The van der Waals surface area contributed by atoms with E-state index < -0.39 is 0 Å². The molecule has 1 aromatic heterocycles. The van der Waals surface area contributed by atoms with Crippen LogP contribution in [0.4, 0.5) is 0 Å². The molecule has 0 aliphatic heterocycles. The zero-order valence-corrected chi connectivity index (χ0v) is 13.0. The van der Waals surface area contributed by atoms with Crippen molar-refractivity contribution in [3.63, 3.8) is 0 Å². The van der Waals surface area contributed by atoms with Crippen LogP contribution in [0.2, 0.25) is 0 Å². The molecule has 0 aromatic carbocycles. The molecule has 2 heteroatoms. The zero-order chi connectivity index (χ0) is 13.8. The van der Waals surface area contributed by atoms with Crippen molar-refractivity contribution in [2.45, 2.75) is 78.7 Å². The van der Waals surface area contributed by atoms with Gasteiger partial charge >= 0.3 is 0 Å². The summed E-state index contributed by atoms with van der Waals surface area (Å²) in [5.74, 6) is 1.23. The number of rotatable bonds is 7. The minimum atomic E-state index is 0.185. The van der Waals surface area contributed by atoms with E-state index in [1.54, 1.807) is 0 Å². The van der Waals surface area contributed by atoms with E-state index in [9.17, 15) is 0 Å². The van der Waals surface area contributed by atoms with Crippen LogP contribution in [-0.2, 0) is 5.54 Å². The van der Waals surface area contributed by atoms with Crippen molar-refractivity contribution >= 4 is 0 Å². The van der Waals surface area contributed by atoms with Gasteiger partial charge in [-0.15, -0.1) is 0 Å². The molecule has 2 nitrogen and oxygen atoms in total. The quantitative estimate of drug-likeness (QED) is 0.625. The Labute approximate surface area is 113 Å². The summed E-state index contributed by atoms with van der Waals surface area (Å²) in [4.78, 5) is 4.38. The third-order valence-corrected chi connectivity index (χ3v) is 4.18. The van der Waals surface area contributed by atoms with Gasteiger partial charge in [-0.05, 0) is 26.2 Å². The Balaban J connectivity index is 2.85. The molecular weight excluding hydrogens is 220 g/mol. The van der Waals surface area contributed by atoms with Crippen LogP contribution in [0, 0.1) is 5.92 Å². The van der Waals surface area contributed by atoms with Crippen molar-refractivity contribution in [2.24, 2.45) is 5.92 Å². The van der Waals surface area contributed by atoms with E-state index in [0.29, 0.717) is 11.8 Å². The van der Waals surface area contributed by atoms with E-state index in [0.717, 1.165) is 0 Å². The van der Waals surface area contributed by atoms with Crippen molar-refractivity contribution in [2.75, 3.05) is 0 Å². The summed E-state index contributed by atoms with van der Waals surface area (Å²) in [7, 11) is 0. The molecule has 0 spiro atoms. The highest BCUT2D eigenvalue weighted by molar-refractivity contribution is 5.09. The first-order valence-corrected chi connectivity index (χ1v) is 7.43. The van der Waals surface area contributed by atoms with E-state index in [1.807, 2.05) is 12.5 Å². The lowest BCUT2D eigenvalue weighted by atomic mass is 9.91. The Morgan fingerprint density at radius 2 is 1.89 bits per heavy atom.